The van der Waals surface area contributed by atoms with Crippen LogP contribution in [0.15, 0.2) is 0 Å². The molecule has 0 saturated heterocycles. The van der Waals surface area contributed by atoms with Gasteiger partial charge in [0.2, 0.25) is 0 Å². The highest BCUT2D eigenvalue weighted by atomic mass is 16.5. The van der Waals surface area contributed by atoms with Crippen LogP contribution in [0.3, 0.4) is 0 Å². The molecule has 1 aliphatic carbocycles. The summed E-state index contributed by atoms with van der Waals surface area (Å²) >= 11 is 0. The summed E-state index contributed by atoms with van der Waals surface area (Å²) in [6.45, 7) is 5.38. The Labute approximate surface area is 82.0 Å². The maximum absolute atomic E-state index is 5.10. The molecule has 1 aliphatic rings. The van der Waals surface area contributed by atoms with Crippen LogP contribution in [-0.4, -0.2) is 25.8 Å². The number of ether oxygens (including phenoxy) is 1. The van der Waals surface area contributed by atoms with Crippen LogP contribution in [0, 0.1) is 5.92 Å². The highest BCUT2D eigenvalue weighted by molar-refractivity contribution is 4.77. The van der Waals surface area contributed by atoms with Gasteiger partial charge in [-0.2, -0.15) is 0 Å². The van der Waals surface area contributed by atoms with E-state index >= 15 is 0 Å². The fourth-order valence-electron chi connectivity index (χ4n) is 2.13. The first-order valence-electron chi connectivity index (χ1n) is 5.47. The summed E-state index contributed by atoms with van der Waals surface area (Å²) in [5.74, 6) is 0.941. The second-order valence-corrected chi connectivity index (χ2v) is 4.48. The lowest BCUT2D eigenvalue weighted by Crippen LogP contribution is -2.40. The number of nitrogens with one attached hydrogen (secondary N) is 1. The molecule has 1 saturated carbocycles. The molecule has 1 fully saturated rings. The number of hydrogen-bond donors (Lipinski definition) is 1. The molecule has 0 heterocycles. The molecule has 2 heteroatoms. The van der Waals surface area contributed by atoms with Crippen molar-refractivity contribution in [1.82, 2.24) is 5.32 Å². The summed E-state index contributed by atoms with van der Waals surface area (Å²) in [6, 6.07) is 1.24. The molecule has 78 valence electrons. The van der Waals surface area contributed by atoms with Crippen LogP contribution >= 0.6 is 0 Å². The SMILES string of the molecule is COC[C@H](C)NC1CCC(C)CC1. The molecule has 0 unspecified atom stereocenters. The minimum atomic E-state index is 0.503. The van der Waals surface area contributed by atoms with E-state index in [4.69, 9.17) is 4.74 Å². The van der Waals surface area contributed by atoms with E-state index in [2.05, 4.69) is 19.2 Å². The minimum Gasteiger partial charge on any atom is -0.383 e. The van der Waals surface area contributed by atoms with E-state index in [0.29, 0.717) is 6.04 Å². The standard InChI is InChI=1S/C11H23NO/c1-9-4-6-11(7-5-9)12-10(2)8-13-3/h9-12H,4-8H2,1-3H3/t9?,10-,11?/m0/s1. The smallest absolute Gasteiger partial charge is 0.0613 e. The van der Waals surface area contributed by atoms with Crippen LogP contribution in [0.5, 0.6) is 0 Å². The Morgan fingerprint density at radius 3 is 2.46 bits per heavy atom. The minimum absolute atomic E-state index is 0.503. The Morgan fingerprint density at radius 2 is 1.92 bits per heavy atom. The fraction of sp³-hybridized carbons (Fsp3) is 1.00. The number of rotatable bonds is 4. The van der Waals surface area contributed by atoms with Crippen molar-refractivity contribution in [2.75, 3.05) is 13.7 Å². The Kier molecular flexibility index (Phi) is 4.74. The zero-order chi connectivity index (χ0) is 9.68. The first-order valence-corrected chi connectivity index (χ1v) is 5.47. The van der Waals surface area contributed by atoms with Crippen molar-refractivity contribution in [2.24, 2.45) is 5.92 Å². The maximum Gasteiger partial charge on any atom is 0.0613 e. The lowest BCUT2D eigenvalue weighted by Gasteiger charge is -2.29. The normalized spacial score (nSPS) is 31.6. The van der Waals surface area contributed by atoms with E-state index in [1.807, 2.05) is 0 Å². The van der Waals surface area contributed by atoms with Crippen LogP contribution < -0.4 is 5.32 Å². The van der Waals surface area contributed by atoms with Gasteiger partial charge in [-0.3, -0.25) is 0 Å². The Balaban J connectivity index is 2.14. The van der Waals surface area contributed by atoms with Crippen molar-refractivity contribution in [2.45, 2.75) is 51.6 Å². The van der Waals surface area contributed by atoms with Crippen molar-refractivity contribution in [3.8, 4) is 0 Å². The fourth-order valence-corrected chi connectivity index (χ4v) is 2.13. The third-order valence-electron chi connectivity index (χ3n) is 2.95. The van der Waals surface area contributed by atoms with Gasteiger partial charge < -0.3 is 10.1 Å². The predicted octanol–water partition coefficient (Wildman–Crippen LogP) is 2.19. The van der Waals surface area contributed by atoms with Crippen molar-refractivity contribution in [1.29, 1.82) is 0 Å². The summed E-state index contributed by atoms with van der Waals surface area (Å²) in [5, 5.41) is 3.62. The summed E-state index contributed by atoms with van der Waals surface area (Å²) in [7, 11) is 1.77. The van der Waals surface area contributed by atoms with E-state index in [1.54, 1.807) is 7.11 Å². The van der Waals surface area contributed by atoms with Gasteiger partial charge in [-0.05, 0) is 38.5 Å². The van der Waals surface area contributed by atoms with E-state index < -0.39 is 0 Å². The third-order valence-corrected chi connectivity index (χ3v) is 2.95. The molecule has 0 aromatic heterocycles. The first kappa shape index (κ1) is 11.0. The summed E-state index contributed by atoms with van der Waals surface area (Å²) in [6.07, 6.45) is 5.46. The number of hydrogen-bond acceptors (Lipinski definition) is 2. The molecule has 0 radical (unpaired) electrons. The van der Waals surface area contributed by atoms with E-state index in [9.17, 15) is 0 Å². The molecule has 0 aliphatic heterocycles. The lowest BCUT2D eigenvalue weighted by atomic mass is 9.87. The molecule has 13 heavy (non-hydrogen) atoms. The molecule has 1 rings (SSSR count). The molecule has 0 amide bonds. The van der Waals surface area contributed by atoms with Crippen LogP contribution in [0.2, 0.25) is 0 Å². The van der Waals surface area contributed by atoms with Crippen molar-refractivity contribution < 1.29 is 4.74 Å². The second kappa shape index (κ2) is 5.61. The van der Waals surface area contributed by atoms with E-state index in [0.717, 1.165) is 18.6 Å². The zero-order valence-corrected chi connectivity index (χ0v) is 9.18. The van der Waals surface area contributed by atoms with Gasteiger partial charge in [-0.25, -0.2) is 0 Å². The monoisotopic (exact) mass is 185 g/mol. The van der Waals surface area contributed by atoms with Gasteiger partial charge >= 0.3 is 0 Å². The molecule has 2 nitrogen and oxygen atoms in total. The van der Waals surface area contributed by atoms with Gasteiger partial charge in [-0.1, -0.05) is 6.92 Å². The molecule has 1 N–H and O–H groups in total. The Hall–Kier alpha value is -0.0800. The molecule has 0 aromatic carbocycles. The quantitative estimate of drug-likeness (QED) is 0.725. The van der Waals surface area contributed by atoms with Crippen molar-refractivity contribution in [3.63, 3.8) is 0 Å². The molecular formula is C11H23NO. The molecule has 0 spiro atoms. The topological polar surface area (TPSA) is 21.3 Å². The average Bonchev–Trinajstić information content (AvgIpc) is 2.09. The van der Waals surface area contributed by atoms with Gasteiger partial charge in [0.25, 0.3) is 0 Å². The zero-order valence-electron chi connectivity index (χ0n) is 9.18. The Bertz CT molecular complexity index is 130. The van der Waals surface area contributed by atoms with E-state index in [1.165, 1.54) is 25.7 Å². The molecule has 0 aromatic rings. The van der Waals surface area contributed by atoms with Crippen LogP contribution in [0.4, 0.5) is 0 Å². The van der Waals surface area contributed by atoms with Gasteiger partial charge in [0, 0.05) is 19.2 Å². The summed E-state index contributed by atoms with van der Waals surface area (Å²) < 4.78 is 5.10. The first-order chi connectivity index (χ1) is 6.22. The third kappa shape index (κ3) is 4.10. The van der Waals surface area contributed by atoms with Crippen LogP contribution in [0.1, 0.15) is 39.5 Å². The summed E-state index contributed by atoms with van der Waals surface area (Å²) in [4.78, 5) is 0. The lowest BCUT2D eigenvalue weighted by molar-refractivity contribution is 0.159. The number of methoxy groups -OCH3 is 1. The van der Waals surface area contributed by atoms with Crippen molar-refractivity contribution >= 4 is 0 Å². The molecule has 0 bridgehead atoms. The van der Waals surface area contributed by atoms with Gasteiger partial charge in [0.05, 0.1) is 6.61 Å². The average molecular weight is 185 g/mol. The molecular weight excluding hydrogens is 162 g/mol. The van der Waals surface area contributed by atoms with Crippen molar-refractivity contribution in [3.05, 3.63) is 0 Å². The predicted molar refractivity (Wildman–Crippen MR) is 55.9 cm³/mol. The molecule has 1 atom stereocenters. The summed E-state index contributed by atoms with van der Waals surface area (Å²) in [5.41, 5.74) is 0. The van der Waals surface area contributed by atoms with Gasteiger partial charge in [0.15, 0.2) is 0 Å². The van der Waals surface area contributed by atoms with E-state index in [-0.39, 0.29) is 0 Å². The highest BCUT2D eigenvalue weighted by Crippen LogP contribution is 2.23. The van der Waals surface area contributed by atoms with Gasteiger partial charge in [-0.15, -0.1) is 0 Å². The Morgan fingerprint density at radius 1 is 1.31 bits per heavy atom. The van der Waals surface area contributed by atoms with Crippen LogP contribution in [-0.2, 0) is 4.74 Å². The van der Waals surface area contributed by atoms with Crippen LogP contribution in [0.25, 0.3) is 0 Å². The van der Waals surface area contributed by atoms with Gasteiger partial charge in [0.1, 0.15) is 0 Å². The largest absolute Gasteiger partial charge is 0.383 e. The second-order valence-electron chi connectivity index (χ2n) is 4.48. The highest BCUT2D eigenvalue weighted by Gasteiger charge is 2.18. The maximum atomic E-state index is 5.10.